The summed E-state index contributed by atoms with van der Waals surface area (Å²) < 4.78 is 0. The smallest absolute Gasteiger partial charge is 0.295 e. The van der Waals surface area contributed by atoms with Crippen molar-refractivity contribution in [1.82, 2.24) is 14.8 Å². The number of benzene rings is 2. The molecule has 0 bridgehead atoms. The van der Waals surface area contributed by atoms with Gasteiger partial charge in [0.25, 0.3) is 17.6 Å². The van der Waals surface area contributed by atoms with Crippen LogP contribution in [0.5, 0.6) is 5.75 Å². The number of carbonyl (C=O) groups is 3. The number of hydrogen-bond acceptors (Lipinski definition) is 5. The predicted molar refractivity (Wildman–Crippen MR) is 124 cm³/mol. The largest absolute Gasteiger partial charge is 0.505 e. The Morgan fingerprint density at radius 3 is 2.27 bits per heavy atom. The van der Waals surface area contributed by atoms with E-state index in [4.69, 9.17) is 11.6 Å². The minimum atomic E-state index is -0.892. The maximum Gasteiger partial charge on any atom is 0.295 e. The number of hydrogen-bond donors (Lipinski definition) is 1. The van der Waals surface area contributed by atoms with Gasteiger partial charge in [0, 0.05) is 43.0 Å². The van der Waals surface area contributed by atoms with E-state index in [0.717, 1.165) is 0 Å². The topological polar surface area (TPSA) is 90.8 Å². The molecule has 1 N–H and O–H groups in total. The second-order valence-electron chi connectivity index (χ2n) is 7.84. The van der Waals surface area contributed by atoms with Crippen molar-refractivity contribution in [3.05, 3.63) is 83.0 Å². The van der Waals surface area contributed by atoms with Crippen LogP contribution in [0, 0.1) is 0 Å². The fraction of sp³-hybridized carbons (Fsp3) is 0.200. The Hall–Kier alpha value is -3.71. The Bertz CT molecular complexity index is 1200. The summed E-state index contributed by atoms with van der Waals surface area (Å²) in [6.07, 6.45) is 1.17. The van der Waals surface area contributed by atoms with E-state index >= 15 is 0 Å². The van der Waals surface area contributed by atoms with Crippen LogP contribution in [0.3, 0.4) is 0 Å². The van der Waals surface area contributed by atoms with Crippen LogP contribution < -0.4 is 0 Å². The van der Waals surface area contributed by atoms with Gasteiger partial charge in [0.1, 0.15) is 10.8 Å². The van der Waals surface area contributed by atoms with E-state index in [2.05, 4.69) is 4.98 Å². The molecule has 8 heteroatoms. The third-order valence-corrected chi connectivity index (χ3v) is 6.03. The minimum Gasteiger partial charge on any atom is -0.505 e. The average molecular weight is 464 g/mol. The molecule has 0 aliphatic carbocycles. The van der Waals surface area contributed by atoms with Crippen molar-refractivity contribution in [3.8, 4) is 17.0 Å². The van der Waals surface area contributed by atoms with Crippen LogP contribution in [-0.4, -0.2) is 63.2 Å². The van der Waals surface area contributed by atoms with Crippen molar-refractivity contribution in [3.63, 3.8) is 0 Å². The molecule has 0 spiro atoms. The number of Topliss-reactive ketones (excluding diaryl/α,β-unsaturated/α-hetero) is 1. The van der Waals surface area contributed by atoms with Crippen LogP contribution >= 0.6 is 11.6 Å². The Morgan fingerprint density at radius 2 is 1.64 bits per heavy atom. The van der Waals surface area contributed by atoms with Crippen LogP contribution in [0.1, 0.15) is 27.6 Å². The second-order valence-corrected chi connectivity index (χ2v) is 8.22. The standard InChI is InChI=1S/C25H22ClN3O4/c1-16-15-28(24(32)18-10-6-3-7-11-18)12-13-29(16)25(33)23(31)19-14-27-21(20(26)22(19)30)17-8-4-2-5-9-17/h2-11,14,16H,12-13,15H2,1H3,(H,27,30)/t16-/m1/s1. The molecule has 1 aliphatic heterocycles. The van der Waals surface area contributed by atoms with E-state index in [1.807, 2.05) is 12.1 Å². The van der Waals surface area contributed by atoms with Gasteiger partial charge in [-0.15, -0.1) is 0 Å². The highest BCUT2D eigenvalue weighted by molar-refractivity contribution is 6.44. The summed E-state index contributed by atoms with van der Waals surface area (Å²) in [7, 11) is 0. The van der Waals surface area contributed by atoms with Gasteiger partial charge >= 0.3 is 0 Å². The van der Waals surface area contributed by atoms with Crippen molar-refractivity contribution < 1.29 is 19.5 Å². The average Bonchev–Trinajstić information content (AvgIpc) is 2.85. The zero-order chi connectivity index (χ0) is 23.5. The molecule has 0 unspecified atom stereocenters. The molecule has 3 aromatic rings. The Morgan fingerprint density at radius 1 is 1.00 bits per heavy atom. The predicted octanol–water partition coefficient (Wildman–Crippen LogP) is 3.66. The SMILES string of the molecule is C[C@@H]1CN(C(=O)c2ccccc2)CCN1C(=O)C(=O)c1cnc(-c2ccccc2)c(Cl)c1O. The van der Waals surface area contributed by atoms with Gasteiger partial charge in [0.15, 0.2) is 0 Å². The third kappa shape index (κ3) is 4.45. The number of piperazine rings is 1. The Balaban J connectivity index is 1.49. The zero-order valence-electron chi connectivity index (χ0n) is 17.9. The highest BCUT2D eigenvalue weighted by Crippen LogP contribution is 2.35. The van der Waals surface area contributed by atoms with E-state index in [1.165, 1.54) is 11.1 Å². The maximum absolute atomic E-state index is 13.0. The summed E-state index contributed by atoms with van der Waals surface area (Å²) in [5.41, 5.74) is 1.32. The van der Waals surface area contributed by atoms with Crippen molar-refractivity contribution in [2.45, 2.75) is 13.0 Å². The van der Waals surface area contributed by atoms with Gasteiger partial charge in [-0.05, 0) is 19.1 Å². The van der Waals surface area contributed by atoms with Gasteiger partial charge in [-0.25, -0.2) is 0 Å². The number of amides is 2. The molecule has 1 aromatic heterocycles. The molecule has 1 saturated heterocycles. The van der Waals surface area contributed by atoms with Crippen LogP contribution in [0.4, 0.5) is 0 Å². The van der Waals surface area contributed by atoms with E-state index in [9.17, 15) is 19.5 Å². The van der Waals surface area contributed by atoms with Crippen LogP contribution in [-0.2, 0) is 4.79 Å². The number of carbonyl (C=O) groups excluding carboxylic acids is 3. The molecule has 1 atom stereocenters. The van der Waals surface area contributed by atoms with Crippen LogP contribution in [0.2, 0.25) is 5.02 Å². The van der Waals surface area contributed by atoms with Gasteiger partial charge < -0.3 is 14.9 Å². The highest BCUT2D eigenvalue weighted by atomic mass is 35.5. The summed E-state index contributed by atoms with van der Waals surface area (Å²) in [5, 5.41) is 10.5. The van der Waals surface area contributed by atoms with Crippen LogP contribution in [0.15, 0.2) is 66.9 Å². The molecule has 4 rings (SSSR count). The molecule has 1 fully saturated rings. The minimum absolute atomic E-state index is 0.0915. The second kappa shape index (κ2) is 9.42. The first kappa shape index (κ1) is 22.5. The summed E-state index contributed by atoms with van der Waals surface area (Å²) in [5.74, 6) is -2.26. The molecule has 7 nitrogen and oxygen atoms in total. The monoisotopic (exact) mass is 463 g/mol. The fourth-order valence-electron chi connectivity index (χ4n) is 3.89. The molecule has 0 saturated carbocycles. The first-order chi connectivity index (χ1) is 15.9. The summed E-state index contributed by atoms with van der Waals surface area (Å²) in [4.78, 5) is 45.9. The van der Waals surface area contributed by atoms with Gasteiger partial charge in [0.05, 0.1) is 11.3 Å². The summed E-state index contributed by atoms with van der Waals surface area (Å²) >= 11 is 6.27. The molecule has 0 radical (unpaired) electrons. The molecule has 2 aromatic carbocycles. The number of aromatic nitrogens is 1. The molecule has 168 valence electrons. The molecule has 2 heterocycles. The highest BCUT2D eigenvalue weighted by Gasteiger charge is 2.35. The van der Waals surface area contributed by atoms with E-state index in [-0.39, 0.29) is 29.1 Å². The van der Waals surface area contributed by atoms with Gasteiger partial charge in [-0.2, -0.15) is 0 Å². The summed E-state index contributed by atoms with van der Waals surface area (Å²) in [6.45, 7) is 2.58. The fourth-order valence-corrected chi connectivity index (χ4v) is 4.15. The number of ketones is 1. The van der Waals surface area contributed by atoms with Crippen molar-refractivity contribution in [2.24, 2.45) is 0 Å². The van der Waals surface area contributed by atoms with E-state index in [1.54, 1.807) is 60.4 Å². The number of halogens is 1. The van der Waals surface area contributed by atoms with Gasteiger partial charge in [-0.1, -0.05) is 60.1 Å². The van der Waals surface area contributed by atoms with E-state index in [0.29, 0.717) is 29.9 Å². The third-order valence-electron chi connectivity index (χ3n) is 5.68. The number of pyridine rings is 1. The molecular formula is C25H22ClN3O4. The first-order valence-corrected chi connectivity index (χ1v) is 10.9. The lowest BCUT2D eigenvalue weighted by Crippen LogP contribution is -2.56. The Labute approximate surface area is 196 Å². The lowest BCUT2D eigenvalue weighted by Gasteiger charge is -2.39. The van der Waals surface area contributed by atoms with Gasteiger partial charge in [0.2, 0.25) is 0 Å². The molecule has 33 heavy (non-hydrogen) atoms. The van der Waals surface area contributed by atoms with Crippen molar-refractivity contribution in [2.75, 3.05) is 19.6 Å². The number of aromatic hydroxyl groups is 1. The van der Waals surface area contributed by atoms with E-state index < -0.39 is 17.4 Å². The number of nitrogens with zero attached hydrogens (tertiary/aromatic N) is 3. The molecular weight excluding hydrogens is 442 g/mol. The normalized spacial score (nSPS) is 15.9. The summed E-state index contributed by atoms with van der Waals surface area (Å²) in [6, 6.07) is 17.5. The lowest BCUT2D eigenvalue weighted by molar-refractivity contribution is -0.130. The Kier molecular flexibility index (Phi) is 6.42. The quantitative estimate of drug-likeness (QED) is 0.471. The zero-order valence-corrected chi connectivity index (χ0v) is 18.7. The van der Waals surface area contributed by atoms with Crippen molar-refractivity contribution in [1.29, 1.82) is 0 Å². The van der Waals surface area contributed by atoms with Crippen molar-refractivity contribution >= 4 is 29.2 Å². The molecule has 1 aliphatic rings. The number of rotatable bonds is 4. The van der Waals surface area contributed by atoms with Crippen LogP contribution in [0.25, 0.3) is 11.3 Å². The lowest BCUT2D eigenvalue weighted by atomic mass is 10.1. The van der Waals surface area contributed by atoms with Gasteiger partial charge in [-0.3, -0.25) is 19.4 Å². The first-order valence-electron chi connectivity index (χ1n) is 10.5. The maximum atomic E-state index is 13.0. The molecule has 2 amide bonds.